The molecule has 1 aromatic rings. The first kappa shape index (κ1) is 12.4. The minimum absolute atomic E-state index is 0.0584. The van der Waals surface area contributed by atoms with Gasteiger partial charge >= 0.3 is 0 Å². The van der Waals surface area contributed by atoms with Gasteiger partial charge in [0, 0.05) is 19.1 Å². The van der Waals surface area contributed by atoms with Crippen LogP contribution in [0, 0.1) is 5.82 Å². The Labute approximate surface area is 93.0 Å². The van der Waals surface area contributed by atoms with Crippen molar-refractivity contribution in [1.82, 2.24) is 5.32 Å². The Kier molecular flexibility index (Phi) is 4.98. The van der Waals surface area contributed by atoms with Crippen LogP contribution < -0.4 is 11.1 Å². The lowest BCUT2D eigenvalue weighted by atomic mass is 10.2. The van der Waals surface area contributed by atoms with E-state index in [2.05, 4.69) is 5.32 Å². The number of aliphatic hydroxyl groups is 1. The summed E-state index contributed by atoms with van der Waals surface area (Å²) in [5, 5.41) is 11.8. The van der Waals surface area contributed by atoms with Crippen LogP contribution in [-0.2, 0) is 6.54 Å². The molecular weight excluding hydrogens is 219 g/mol. The van der Waals surface area contributed by atoms with Crippen molar-refractivity contribution in [3.8, 4) is 0 Å². The molecule has 1 aromatic carbocycles. The van der Waals surface area contributed by atoms with E-state index in [1.165, 1.54) is 6.07 Å². The maximum Gasteiger partial charge on any atom is 0.141 e. The lowest BCUT2D eigenvalue weighted by molar-refractivity contribution is 0.262. The van der Waals surface area contributed by atoms with E-state index in [-0.39, 0.29) is 17.7 Å². The predicted octanol–water partition coefficient (Wildman–Crippen LogP) is 0.888. The molecule has 0 saturated heterocycles. The van der Waals surface area contributed by atoms with Crippen molar-refractivity contribution in [3.63, 3.8) is 0 Å². The molecule has 4 N–H and O–H groups in total. The Bertz CT molecular complexity index is 322. The minimum Gasteiger partial charge on any atom is -0.395 e. The second-order valence-electron chi connectivity index (χ2n) is 3.32. The molecule has 0 saturated carbocycles. The summed E-state index contributed by atoms with van der Waals surface area (Å²) in [6.45, 7) is 0.996. The second kappa shape index (κ2) is 6.02. The van der Waals surface area contributed by atoms with Gasteiger partial charge in [0.2, 0.25) is 0 Å². The molecule has 0 aliphatic heterocycles. The van der Waals surface area contributed by atoms with E-state index in [0.29, 0.717) is 13.1 Å². The summed E-state index contributed by atoms with van der Waals surface area (Å²) in [5.74, 6) is -0.424. The van der Waals surface area contributed by atoms with Gasteiger partial charge in [-0.05, 0) is 17.7 Å². The van der Waals surface area contributed by atoms with Gasteiger partial charge in [-0.15, -0.1) is 0 Å². The van der Waals surface area contributed by atoms with Crippen LogP contribution >= 0.6 is 11.6 Å². The van der Waals surface area contributed by atoms with Crippen LogP contribution in [0.25, 0.3) is 0 Å². The molecule has 0 radical (unpaired) electrons. The fraction of sp³-hybridized carbons (Fsp3) is 0.400. The first-order chi connectivity index (χ1) is 7.13. The molecular formula is C10H14ClFN2O. The van der Waals surface area contributed by atoms with Crippen LogP contribution in [0.5, 0.6) is 0 Å². The molecule has 0 spiro atoms. The van der Waals surface area contributed by atoms with Crippen molar-refractivity contribution in [1.29, 1.82) is 0 Å². The van der Waals surface area contributed by atoms with E-state index in [1.54, 1.807) is 12.1 Å². The molecule has 1 atom stereocenters. The Balaban J connectivity index is 2.41. The molecule has 5 heteroatoms. The summed E-state index contributed by atoms with van der Waals surface area (Å²) < 4.78 is 12.8. The summed E-state index contributed by atoms with van der Waals surface area (Å²) >= 11 is 5.62. The Morgan fingerprint density at radius 1 is 1.53 bits per heavy atom. The monoisotopic (exact) mass is 232 g/mol. The topological polar surface area (TPSA) is 58.3 Å². The molecule has 0 bridgehead atoms. The number of nitrogens with two attached hydrogens (primary N) is 1. The predicted molar refractivity (Wildman–Crippen MR) is 58.2 cm³/mol. The first-order valence-corrected chi connectivity index (χ1v) is 5.02. The number of rotatable bonds is 5. The van der Waals surface area contributed by atoms with Gasteiger partial charge in [0.25, 0.3) is 0 Å². The van der Waals surface area contributed by atoms with Crippen LogP contribution in [0.15, 0.2) is 18.2 Å². The fourth-order valence-electron chi connectivity index (χ4n) is 1.12. The zero-order chi connectivity index (χ0) is 11.3. The fourth-order valence-corrected chi connectivity index (χ4v) is 1.32. The van der Waals surface area contributed by atoms with Gasteiger partial charge in [-0.2, -0.15) is 0 Å². The summed E-state index contributed by atoms with van der Waals surface area (Å²) in [5.41, 5.74) is 6.37. The van der Waals surface area contributed by atoms with Crippen LogP contribution in [0.1, 0.15) is 5.56 Å². The first-order valence-electron chi connectivity index (χ1n) is 4.64. The molecule has 0 amide bonds. The van der Waals surface area contributed by atoms with Gasteiger partial charge in [0.15, 0.2) is 0 Å². The number of halogens is 2. The van der Waals surface area contributed by atoms with Crippen molar-refractivity contribution >= 4 is 11.6 Å². The molecule has 1 rings (SSSR count). The summed E-state index contributed by atoms with van der Waals surface area (Å²) in [7, 11) is 0. The van der Waals surface area contributed by atoms with Gasteiger partial charge in [0.1, 0.15) is 5.82 Å². The van der Waals surface area contributed by atoms with Gasteiger partial charge in [0.05, 0.1) is 11.6 Å². The summed E-state index contributed by atoms with van der Waals surface area (Å²) in [6.07, 6.45) is 0. The summed E-state index contributed by atoms with van der Waals surface area (Å²) in [4.78, 5) is 0. The van der Waals surface area contributed by atoms with Crippen molar-refractivity contribution in [2.45, 2.75) is 12.6 Å². The molecule has 0 heterocycles. The van der Waals surface area contributed by atoms with E-state index in [9.17, 15) is 4.39 Å². The lowest BCUT2D eigenvalue weighted by Gasteiger charge is -2.09. The zero-order valence-electron chi connectivity index (χ0n) is 8.21. The Hall–Kier alpha value is -0.680. The Morgan fingerprint density at radius 2 is 2.27 bits per heavy atom. The third kappa shape index (κ3) is 4.13. The van der Waals surface area contributed by atoms with Crippen LogP contribution in [0.2, 0.25) is 5.02 Å². The third-order valence-corrected chi connectivity index (χ3v) is 2.24. The molecule has 0 aromatic heterocycles. The molecule has 84 valence electrons. The van der Waals surface area contributed by atoms with Gasteiger partial charge < -0.3 is 16.2 Å². The van der Waals surface area contributed by atoms with Gasteiger partial charge in [-0.1, -0.05) is 17.7 Å². The van der Waals surface area contributed by atoms with Crippen molar-refractivity contribution in [2.75, 3.05) is 13.2 Å². The van der Waals surface area contributed by atoms with E-state index >= 15 is 0 Å². The number of benzene rings is 1. The highest BCUT2D eigenvalue weighted by atomic mass is 35.5. The van der Waals surface area contributed by atoms with Crippen molar-refractivity contribution < 1.29 is 9.50 Å². The van der Waals surface area contributed by atoms with Crippen molar-refractivity contribution in [2.24, 2.45) is 5.73 Å². The number of nitrogens with one attached hydrogen (secondary N) is 1. The third-order valence-electron chi connectivity index (χ3n) is 1.95. The van der Waals surface area contributed by atoms with Crippen LogP contribution in [0.3, 0.4) is 0 Å². The SMILES string of the molecule is NC(CO)CNCc1ccc(F)c(Cl)c1. The smallest absolute Gasteiger partial charge is 0.141 e. The van der Waals surface area contributed by atoms with Crippen LogP contribution in [0.4, 0.5) is 4.39 Å². The van der Waals surface area contributed by atoms with E-state index < -0.39 is 5.82 Å². The molecule has 0 fully saturated rings. The molecule has 1 unspecified atom stereocenters. The van der Waals surface area contributed by atoms with Gasteiger partial charge in [-0.3, -0.25) is 0 Å². The standard InChI is InChI=1S/C10H14ClFN2O/c11-9-3-7(1-2-10(9)12)4-14-5-8(13)6-15/h1-3,8,14-15H,4-6,13H2. The average Bonchev–Trinajstić information content (AvgIpc) is 2.23. The largest absolute Gasteiger partial charge is 0.395 e. The number of aliphatic hydroxyl groups excluding tert-OH is 1. The van der Waals surface area contributed by atoms with Crippen LogP contribution in [-0.4, -0.2) is 24.3 Å². The normalized spacial score (nSPS) is 12.8. The zero-order valence-corrected chi connectivity index (χ0v) is 8.97. The average molecular weight is 233 g/mol. The minimum atomic E-state index is -0.424. The molecule has 0 aliphatic rings. The quantitative estimate of drug-likeness (QED) is 0.707. The maximum absolute atomic E-state index is 12.8. The lowest BCUT2D eigenvalue weighted by Crippen LogP contribution is -2.36. The highest BCUT2D eigenvalue weighted by molar-refractivity contribution is 6.30. The highest BCUT2D eigenvalue weighted by Crippen LogP contribution is 2.15. The van der Waals surface area contributed by atoms with Gasteiger partial charge in [-0.25, -0.2) is 4.39 Å². The van der Waals surface area contributed by atoms with E-state index in [4.69, 9.17) is 22.4 Å². The summed E-state index contributed by atoms with van der Waals surface area (Å²) in [6, 6.07) is 4.26. The van der Waals surface area contributed by atoms with E-state index in [0.717, 1.165) is 5.56 Å². The second-order valence-corrected chi connectivity index (χ2v) is 3.73. The maximum atomic E-state index is 12.8. The number of hydrogen-bond acceptors (Lipinski definition) is 3. The van der Waals surface area contributed by atoms with E-state index in [1.807, 2.05) is 0 Å². The van der Waals surface area contributed by atoms with Crippen molar-refractivity contribution in [3.05, 3.63) is 34.6 Å². The number of hydrogen-bond donors (Lipinski definition) is 3. The molecule has 3 nitrogen and oxygen atoms in total. The molecule has 15 heavy (non-hydrogen) atoms. The highest BCUT2D eigenvalue weighted by Gasteiger charge is 2.02. The Morgan fingerprint density at radius 3 is 2.87 bits per heavy atom. The molecule has 0 aliphatic carbocycles.